The summed E-state index contributed by atoms with van der Waals surface area (Å²) in [6.45, 7) is 10.1. The molecule has 1 aliphatic heterocycles. The molecule has 3 heteroatoms. The van der Waals surface area contributed by atoms with Crippen molar-refractivity contribution in [3.05, 3.63) is 0 Å². The van der Waals surface area contributed by atoms with E-state index in [1.807, 2.05) is 0 Å². The lowest BCUT2D eigenvalue weighted by molar-refractivity contribution is 0.193. The molecule has 0 amide bonds. The summed E-state index contributed by atoms with van der Waals surface area (Å²) in [7, 11) is 2.21. The van der Waals surface area contributed by atoms with Crippen LogP contribution in [0, 0.1) is 5.92 Å². The van der Waals surface area contributed by atoms with Crippen molar-refractivity contribution >= 4 is 0 Å². The second-order valence-corrected chi connectivity index (χ2v) is 4.79. The van der Waals surface area contributed by atoms with E-state index in [0.717, 1.165) is 19.0 Å². The minimum absolute atomic E-state index is 0.629. The monoisotopic (exact) mass is 199 g/mol. The quantitative estimate of drug-likeness (QED) is 0.704. The van der Waals surface area contributed by atoms with Crippen molar-refractivity contribution in [1.82, 2.24) is 9.80 Å². The van der Waals surface area contributed by atoms with Crippen LogP contribution in [0.5, 0.6) is 0 Å². The highest BCUT2D eigenvalue weighted by Gasteiger charge is 2.22. The van der Waals surface area contributed by atoms with Crippen LogP contribution >= 0.6 is 0 Å². The highest BCUT2D eigenvalue weighted by Crippen LogP contribution is 2.16. The van der Waals surface area contributed by atoms with Crippen LogP contribution in [-0.4, -0.2) is 55.6 Å². The van der Waals surface area contributed by atoms with Crippen molar-refractivity contribution in [2.45, 2.75) is 26.3 Å². The van der Waals surface area contributed by atoms with Gasteiger partial charge in [-0.25, -0.2) is 0 Å². The molecule has 0 spiro atoms. The summed E-state index contributed by atoms with van der Waals surface area (Å²) in [6, 6.07) is 0.629. The third kappa shape index (κ3) is 3.56. The van der Waals surface area contributed by atoms with E-state index < -0.39 is 0 Å². The van der Waals surface area contributed by atoms with Gasteiger partial charge >= 0.3 is 0 Å². The third-order valence-corrected chi connectivity index (χ3v) is 3.13. The van der Waals surface area contributed by atoms with E-state index in [4.69, 9.17) is 5.73 Å². The van der Waals surface area contributed by atoms with E-state index >= 15 is 0 Å². The predicted octanol–water partition coefficient (Wildman–Crippen LogP) is 0.607. The SMILES string of the molecule is CC(C)N(CCN)CC1CCN(C)C1. The normalized spacial score (nSPS) is 24.0. The number of rotatable bonds is 5. The van der Waals surface area contributed by atoms with E-state index in [2.05, 4.69) is 30.7 Å². The molecular weight excluding hydrogens is 174 g/mol. The van der Waals surface area contributed by atoms with Gasteiger partial charge in [0.1, 0.15) is 0 Å². The van der Waals surface area contributed by atoms with Crippen molar-refractivity contribution in [1.29, 1.82) is 0 Å². The van der Waals surface area contributed by atoms with Gasteiger partial charge in [-0.2, -0.15) is 0 Å². The first kappa shape index (κ1) is 12.0. The summed E-state index contributed by atoms with van der Waals surface area (Å²) >= 11 is 0. The highest BCUT2D eigenvalue weighted by atomic mass is 15.2. The van der Waals surface area contributed by atoms with E-state index in [1.165, 1.54) is 26.1 Å². The van der Waals surface area contributed by atoms with Crippen molar-refractivity contribution in [2.24, 2.45) is 11.7 Å². The maximum atomic E-state index is 5.62. The molecule has 2 N–H and O–H groups in total. The fourth-order valence-corrected chi connectivity index (χ4v) is 2.23. The van der Waals surface area contributed by atoms with Crippen LogP contribution in [0.25, 0.3) is 0 Å². The molecule has 1 saturated heterocycles. The van der Waals surface area contributed by atoms with E-state index in [1.54, 1.807) is 0 Å². The summed E-state index contributed by atoms with van der Waals surface area (Å²) in [6.07, 6.45) is 1.35. The van der Waals surface area contributed by atoms with Gasteiger partial charge in [0.25, 0.3) is 0 Å². The molecule has 3 nitrogen and oxygen atoms in total. The Bertz CT molecular complexity index is 159. The number of hydrogen-bond acceptors (Lipinski definition) is 3. The molecule has 84 valence electrons. The summed E-state index contributed by atoms with van der Waals surface area (Å²) in [5.74, 6) is 0.856. The first-order chi connectivity index (χ1) is 6.63. The maximum absolute atomic E-state index is 5.62. The van der Waals surface area contributed by atoms with Gasteiger partial charge in [0, 0.05) is 32.2 Å². The average molecular weight is 199 g/mol. The third-order valence-electron chi connectivity index (χ3n) is 3.13. The van der Waals surface area contributed by atoms with Gasteiger partial charge in [0.2, 0.25) is 0 Å². The van der Waals surface area contributed by atoms with Gasteiger partial charge in [0.05, 0.1) is 0 Å². The number of likely N-dealkylation sites (tertiary alicyclic amines) is 1. The van der Waals surface area contributed by atoms with Crippen LogP contribution in [0.1, 0.15) is 20.3 Å². The topological polar surface area (TPSA) is 32.5 Å². The summed E-state index contributed by atoms with van der Waals surface area (Å²) in [4.78, 5) is 4.93. The standard InChI is InChI=1S/C11H25N3/c1-10(2)14(7-5-12)9-11-4-6-13(3)8-11/h10-11H,4-9,12H2,1-3H3. The smallest absolute Gasteiger partial charge is 0.0107 e. The molecule has 0 aromatic carbocycles. The fraction of sp³-hybridized carbons (Fsp3) is 1.00. The predicted molar refractivity (Wildman–Crippen MR) is 61.4 cm³/mol. The molecule has 0 aromatic rings. The van der Waals surface area contributed by atoms with Crippen LogP contribution < -0.4 is 5.73 Å². The Morgan fingerprint density at radius 1 is 1.50 bits per heavy atom. The number of hydrogen-bond donors (Lipinski definition) is 1. The van der Waals surface area contributed by atoms with Gasteiger partial charge in [-0.3, -0.25) is 4.90 Å². The largest absolute Gasteiger partial charge is 0.329 e. The lowest BCUT2D eigenvalue weighted by Crippen LogP contribution is -2.39. The molecule has 1 aliphatic rings. The molecule has 1 rings (SSSR count). The van der Waals surface area contributed by atoms with Gasteiger partial charge in [-0.05, 0) is 39.8 Å². The van der Waals surface area contributed by atoms with Crippen molar-refractivity contribution in [3.8, 4) is 0 Å². The number of nitrogens with zero attached hydrogens (tertiary/aromatic N) is 2. The Balaban J connectivity index is 2.31. The lowest BCUT2D eigenvalue weighted by atomic mass is 10.1. The van der Waals surface area contributed by atoms with E-state index in [0.29, 0.717) is 6.04 Å². The number of nitrogens with two attached hydrogens (primary N) is 1. The molecular formula is C11H25N3. The first-order valence-electron chi connectivity index (χ1n) is 5.76. The van der Waals surface area contributed by atoms with Crippen LogP contribution in [0.3, 0.4) is 0 Å². The molecule has 1 fully saturated rings. The fourth-order valence-electron chi connectivity index (χ4n) is 2.23. The Morgan fingerprint density at radius 3 is 2.64 bits per heavy atom. The zero-order chi connectivity index (χ0) is 10.6. The summed E-state index contributed by atoms with van der Waals surface area (Å²) in [5.41, 5.74) is 5.62. The highest BCUT2D eigenvalue weighted by molar-refractivity contribution is 4.77. The molecule has 0 radical (unpaired) electrons. The van der Waals surface area contributed by atoms with Crippen LogP contribution in [-0.2, 0) is 0 Å². The minimum atomic E-state index is 0.629. The van der Waals surface area contributed by atoms with Gasteiger partial charge in [-0.15, -0.1) is 0 Å². The van der Waals surface area contributed by atoms with E-state index in [-0.39, 0.29) is 0 Å². The van der Waals surface area contributed by atoms with Crippen molar-refractivity contribution < 1.29 is 0 Å². The molecule has 0 bridgehead atoms. The Hall–Kier alpha value is -0.120. The molecule has 0 aliphatic carbocycles. The molecule has 14 heavy (non-hydrogen) atoms. The second kappa shape index (κ2) is 5.69. The van der Waals surface area contributed by atoms with Crippen molar-refractivity contribution in [2.75, 3.05) is 39.8 Å². The Morgan fingerprint density at radius 2 is 2.21 bits per heavy atom. The average Bonchev–Trinajstić information content (AvgIpc) is 2.50. The van der Waals surface area contributed by atoms with Crippen LogP contribution in [0.2, 0.25) is 0 Å². The van der Waals surface area contributed by atoms with Gasteiger partial charge in [0.15, 0.2) is 0 Å². The zero-order valence-corrected chi connectivity index (χ0v) is 9.87. The lowest BCUT2D eigenvalue weighted by Gasteiger charge is -2.28. The minimum Gasteiger partial charge on any atom is -0.329 e. The van der Waals surface area contributed by atoms with Crippen LogP contribution in [0.15, 0.2) is 0 Å². The first-order valence-corrected chi connectivity index (χ1v) is 5.76. The summed E-state index contributed by atoms with van der Waals surface area (Å²) in [5, 5.41) is 0. The maximum Gasteiger partial charge on any atom is 0.0107 e. The Labute approximate surface area is 88.2 Å². The molecule has 1 atom stereocenters. The molecule has 1 unspecified atom stereocenters. The second-order valence-electron chi connectivity index (χ2n) is 4.79. The van der Waals surface area contributed by atoms with E-state index in [9.17, 15) is 0 Å². The molecule has 0 saturated carbocycles. The van der Waals surface area contributed by atoms with Gasteiger partial charge in [-0.1, -0.05) is 0 Å². The summed E-state index contributed by atoms with van der Waals surface area (Å²) < 4.78 is 0. The van der Waals surface area contributed by atoms with Gasteiger partial charge < -0.3 is 10.6 Å². The zero-order valence-electron chi connectivity index (χ0n) is 9.87. The van der Waals surface area contributed by atoms with Crippen molar-refractivity contribution in [3.63, 3.8) is 0 Å². The van der Waals surface area contributed by atoms with Crippen LogP contribution in [0.4, 0.5) is 0 Å². The Kier molecular flexibility index (Phi) is 4.85. The molecule has 1 heterocycles. The molecule has 0 aromatic heterocycles.